The number of pyridine rings is 1. The van der Waals surface area contributed by atoms with Gasteiger partial charge in [0.05, 0.1) is 6.54 Å². The third-order valence-electron chi connectivity index (χ3n) is 2.76. The summed E-state index contributed by atoms with van der Waals surface area (Å²) in [5.74, 6) is 0.940. The average Bonchev–Trinajstić information content (AvgIpc) is 3.09. The topological polar surface area (TPSA) is 48.5 Å². The molecule has 0 N–H and O–H groups in total. The maximum Gasteiger partial charge on any atom is 0.141 e. The van der Waals surface area contributed by atoms with Gasteiger partial charge in [-0.3, -0.25) is 9.67 Å². The van der Waals surface area contributed by atoms with E-state index in [1.807, 2.05) is 47.7 Å². The van der Waals surface area contributed by atoms with Gasteiger partial charge in [0.25, 0.3) is 0 Å². The normalized spacial score (nSPS) is 10.7. The fraction of sp³-hybridized carbons (Fsp3) is 0.154. The molecule has 0 fully saturated rings. The molecule has 0 aliphatic rings. The van der Waals surface area contributed by atoms with Crippen LogP contribution in [0.1, 0.15) is 0 Å². The van der Waals surface area contributed by atoms with E-state index in [0.717, 1.165) is 24.5 Å². The minimum absolute atomic E-state index is 0.830. The maximum absolute atomic E-state index is 4.38. The molecule has 0 aromatic carbocycles. The maximum atomic E-state index is 4.38. The van der Waals surface area contributed by atoms with Crippen LogP contribution in [-0.4, -0.2) is 24.3 Å². The van der Waals surface area contributed by atoms with Crippen LogP contribution in [0.2, 0.25) is 0 Å². The lowest BCUT2D eigenvalue weighted by molar-refractivity contribution is 0.536. The number of aryl methyl sites for hydroxylation is 2. The van der Waals surface area contributed by atoms with E-state index in [9.17, 15) is 0 Å². The summed E-state index contributed by atoms with van der Waals surface area (Å²) in [4.78, 5) is 8.50. The number of hydrogen-bond acceptors (Lipinski definition) is 3. The van der Waals surface area contributed by atoms with Crippen molar-refractivity contribution >= 4 is 0 Å². The van der Waals surface area contributed by atoms with E-state index in [0.29, 0.717) is 0 Å². The van der Waals surface area contributed by atoms with Crippen molar-refractivity contribution in [3.05, 3.63) is 55.4 Å². The molecule has 3 heterocycles. The summed E-state index contributed by atoms with van der Waals surface area (Å²) in [6.45, 7) is 1.67. The van der Waals surface area contributed by atoms with Gasteiger partial charge in [0.15, 0.2) is 0 Å². The molecule has 0 atom stereocenters. The van der Waals surface area contributed by atoms with Crippen molar-refractivity contribution in [1.29, 1.82) is 0 Å². The largest absolute Gasteiger partial charge is 0.329 e. The quantitative estimate of drug-likeness (QED) is 0.698. The second-order valence-electron chi connectivity index (χ2n) is 3.96. The lowest BCUT2D eigenvalue weighted by Crippen LogP contribution is -2.08. The van der Waals surface area contributed by atoms with Crippen molar-refractivity contribution in [2.45, 2.75) is 13.1 Å². The third-order valence-corrected chi connectivity index (χ3v) is 2.76. The number of nitrogens with zero attached hydrogens (tertiary/aromatic N) is 5. The first-order valence-corrected chi connectivity index (χ1v) is 5.82. The molecule has 0 amide bonds. The molecule has 0 aliphatic carbocycles. The van der Waals surface area contributed by atoms with E-state index >= 15 is 0 Å². The van der Waals surface area contributed by atoms with Gasteiger partial charge in [0.2, 0.25) is 0 Å². The number of imidazole rings is 1. The molecule has 5 nitrogen and oxygen atoms in total. The minimum atomic E-state index is 0.830. The first kappa shape index (κ1) is 10.7. The third kappa shape index (κ3) is 2.15. The van der Waals surface area contributed by atoms with Gasteiger partial charge in [-0.2, -0.15) is 5.10 Å². The summed E-state index contributed by atoms with van der Waals surface area (Å²) in [6.07, 6.45) is 11.1. The van der Waals surface area contributed by atoms with Gasteiger partial charge in [-0.05, 0) is 18.2 Å². The molecule has 18 heavy (non-hydrogen) atoms. The molecule has 0 unspecified atom stereocenters. The van der Waals surface area contributed by atoms with Gasteiger partial charge in [0, 0.05) is 49.3 Å². The Kier molecular flexibility index (Phi) is 2.87. The predicted molar refractivity (Wildman–Crippen MR) is 67.7 cm³/mol. The molecule has 0 saturated carbocycles. The Morgan fingerprint density at radius 2 is 2.00 bits per heavy atom. The molecule has 5 heteroatoms. The molecule has 90 valence electrons. The second-order valence-corrected chi connectivity index (χ2v) is 3.96. The Balaban J connectivity index is 1.80. The van der Waals surface area contributed by atoms with Crippen LogP contribution in [0.15, 0.2) is 55.4 Å². The lowest BCUT2D eigenvalue weighted by atomic mass is 10.3. The highest BCUT2D eigenvalue weighted by molar-refractivity contribution is 5.53. The SMILES string of the molecule is c1cncc(-c2nccn2CCn2cccn2)c1. The Labute approximate surface area is 105 Å². The van der Waals surface area contributed by atoms with Crippen molar-refractivity contribution in [3.63, 3.8) is 0 Å². The fourth-order valence-electron chi connectivity index (χ4n) is 1.89. The smallest absolute Gasteiger partial charge is 0.141 e. The van der Waals surface area contributed by atoms with Gasteiger partial charge in [-0.15, -0.1) is 0 Å². The second kappa shape index (κ2) is 4.83. The molecule has 3 aromatic heterocycles. The van der Waals surface area contributed by atoms with Gasteiger partial charge >= 0.3 is 0 Å². The van der Waals surface area contributed by atoms with Crippen LogP contribution in [-0.2, 0) is 13.1 Å². The van der Waals surface area contributed by atoms with E-state index in [2.05, 4.69) is 19.6 Å². The molecule has 0 spiro atoms. The zero-order valence-electron chi connectivity index (χ0n) is 9.85. The van der Waals surface area contributed by atoms with E-state index in [1.54, 1.807) is 12.4 Å². The monoisotopic (exact) mass is 239 g/mol. The van der Waals surface area contributed by atoms with E-state index in [1.165, 1.54) is 0 Å². The Morgan fingerprint density at radius 3 is 2.78 bits per heavy atom. The van der Waals surface area contributed by atoms with E-state index < -0.39 is 0 Å². The Morgan fingerprint density at radius 1 is 1.00 bits per heavy atom. The zero-order valence-corrected chi connectivity index (χ0v) is 9.85. The number of hydrogen-bond donors (Lipinski definition) is 0. The van der Waals surface area contributed by atoms with Gasteiger partial charge in [-0.1, -0.05) is 0 Å². The predicted octanol–water partition coefficient (Wildman–Crippen LogP) is 1.84. The molecule has 3 rings (SSSR count). The Hall–Kier alpha value is -2.43. The summed E-state index contributed by atoms with van der Waals surface area (Å²) in [5, 5.41) is 4.19. The number of aromatic nitrogens is 5. The van der Waals surface area contributed by atoms with Gasteiger partial charge in [-0.25, -0.2) is 4.98 Å². The fourth-order valence-corrected chi connectivity index (χ4v) is 1.89. The van der Waals surface area contributed by atoms with Crippen molar-refractivity contribution in [2.75, 3.05) is 0 Å². The molecular weight excluding hydrogens is 226 g/mol. The Bertz CT molecular complexity index is 597. The van der Waals surface area contributed by atoms with Crippen LogP contribution in [0.5, 0.6) is 0 Å². The molecule has 0 radical (unpaired) electrons. The lowest BCUT2D eigenvalue weighted by Gasteiger charge is -2.07. The van der Waals surface area contributed by atoms with Crippen LogP contribution in [0.4, 0.5) is 0 Å². The van der Waals surface area contributed by atoms with Gasteiger partial charge < -0.3 is 4.57 Å². The standard InChI is InChI=1S/C13H13N5/c1-3-12(11-14-4-1)13-15-6-8-17(13)9-10-18-7-2-5-16-18/h1-8,11H,9-10H2. The van der Waals surface area contributed by atoms with Crippen molar-refractivity contribution in [1.82, 2.24) is 24.3 Å². The van der Waals surface area contributed by atoms with Crippen molar-refractivity contribution in [2.24, 2.45) is 0 Å². The van der Waals surface area contributed by atoms with Crippen molar-refractivity contribution < 1.29 is 0 Å². The summed E-state index contributed by atoms with van der Waals surface area (Å²) in [5.41, 5.74) is 1.03. The average molecular weight is 239 g/mol. The van der Waals surface area contributed by atoms with E-state index in [-0.39, 0.29) is 0 Å². The van der Waals surface area contributed by atoms with Crippen LogP contribution in [0.3, 0.4) is 0 Å². The zero-order chi connectivity index (χ0) is 12.2. The molecule has 0 saturated heterocycles. The molecule has 0 bridgehead atoms. The van der Waals surface area contributed by atoms with Gasteiger partial charge in [0.1, 0.15) is 5.82 Å². The van der Waals surface area contributed by atoms with Crippen LogP contribution < -0.4 is 0 Å². The van der Waals surface area contributed by atoms with Crippen molar-refractivity contribution in [3.8, 4) is 11.4 Å². The van der Waals surface area contributed by atoms with Crippen LogP contribution >= 0.6 is 0 Å². The minimum Gasteiger partial charge on any atom is -0.329 e. The molecule has 0 aliphatic heterocycles. The number of rotatable bonds is 4. The van der Waals surface area contributed by atoms with Crippen LogP contribution in [0, 0.1) is 0 Å². The highest BCUT2D eigenvalue weighted by Crippen LogP contribution is 2.15. The highest BCUT2D eigenvalue weighted by Gasteiger charge is 2.05. The first-order chi connectivity index (χ1) is 8.93. The molecular formula is C13H13N5. The summed E-state index contributed by atoms with van der Waals surface area (Å²) in [7, 11) is 0. The first-order valence-electron chi connectivity index (χ1n) is 5.82. The summed E-state index contributed by atoms with van der Waals surface area (Å²) >= 11 is 0. The highest BCUT2D eigenvalue weighted by atomic mass is 15.3. The summed E-state index contributed by atoms with van der Waals surface area (Å²) in [6, 6.07) is 5.86. The summed E-state index contributed by atoms with van der Waals surface area (Å²) < 4.78 is 4.02. The van der Waals surface area contributed by atoms with Crippen LogP contribution in [0.25, 0.3) is 11.4 Å². The molecule has 3 aromatic rings. The van der Waals surface area contributed by atoms with E-state index in [4.69, 9.17) is 0 Å².